The first-order valence-corrected chi connectivity index (χ1v) is 6.61. The lowest BCUT2D eigenvalue weighted by molar-refractivity contribution is -0.118. The summed E-state index contributed by atoms with van der Waals surface area (Å²) in [6, 6.07) is 8.46. The third-order valence-electron chi connectivity index (χ3n) is 2.87. The van der Waals surface area contributed by atoms with Crippen molar-refractivity contribution in [3.63, 3.8) is 0 Å². The Morgan fingerprint density at radius 3 is 2.55 bits per heavy atom. The number of nitrogens with zero attached hydrogens (tertiary/aromatic N) is 3. The van der Waals surface area contributed by atoms with E-state index in [-0.39, 0.29) is 23.1 Å². The highest BCUT2D eigenvalue weighted by Crippen LogP contribution is 2.22. The third kappa shape index (κ3) is 3.07. The van der Waals surface area contributed by atoms with Gasteiger partial charge in [-0.05, 0) is 12.1 Å². The van der Waals surface area contributed by atoms with Crippen molar-refractivity contribution in [2.75, 3.05) is 5.43 Å². The number of nitriles is 1. The number of anilines is 1. The minimum atomic E-state index is -0.518. The van der Waals surface area contributed by atoms with E-state index in [9.17, 15) is 14.9 Å². The maximum absolute atomic E-state index is 12.2. The van der Waals surface area contributed by atoms with Crippen LogP contribution in [0.3, 0.4) is 0 Å². The fourth-order valence-corrected chi connectivity index (χ4v) is 1.90. The highest BCUT2D eigenvalue weighted by Gasteiger charge is 2.16. The average molecular weight is 318 g/mol. The van der Waals surface area contributed by atoms with Gasteiger partial charge in [0.2, 0.25) is 11.9 Å². The normalized spacial score (nSPS) is 9.91. The van der Waals surface area contributed by atoms with Gasteiger partial charge in [-0.2, -0.15) is 5.26 Å². The molecule has 112 valence electrons. The van der Waals surface area contributed by atoms with E-state index in [1.165, 1.54) is 14.0 Å². The quantitative estimate of drug-likeness (QED) is 0.834. The van der Waals surface area contributed by atoms with Crippen LogP contribution < -0.4 is 16.4 Å². The topological polar surface area (TPSA) is 99.8 Å². The van der Waals surface area contributed by atoms with Crippen molar-refractivity contribution in [2.24, 2.45) is 7.05 Å². The molecule has 0 saturated heterocycles. The Morgan fingerprint density at radius 2 is 2.00 bits per heavy atom. The number of hydrogen-bond acceptors (Lipinski definition) is 5. The summed E-state index contributed by atoms with van der Waals surface area (Å²) in [7, 11) is 1.45. The first-order valence-electron chi connectivity index (χ1n) is 6.23. The van der Waals surface area contributed by atoms with Gasteiger partial charge in [-0.1, -0.05) is 23.7 Å². The molecule has 8 heteroatoms. The number of rotatable bonds is 3. The molecule has 0 unspecified atom stereocenters. The van der Waals surface area contributed by atoms with E-state index >= 15 is 0 Å². The lowest BCUT2D eigenvalue weighted by atomic mass is 10.1. The van der Waals surface area contributed by atoms with Gasteiger partial charge in [0, 0.05) is 24.6 Å². The fraction of sp³-hybridized carbons (Fsp3) is 0.143. The van der Waals surface area contributed by atoms with Crippen molar-refractivity contribution in [2.45, 2.75) is 6.92 Å². The average Bonchev–Trinajstić information content (AvgIpc) is 2.49. The zero-order valence-corrected chi connectivity index (χ0v) is 12.6. The van der Waals surface area contributed by atoms with Crippen molar-refractivity contribution in [1.82, 2.24) is 15.0 Å². The number of hydrogen-bond donors (Lipinski definition) is 2. The lowest BCUT2D eigenvalue weighted by Crippen LogP contribution is -2.33. The van der Waals surface area contributed by atoms with Gasteiger partial charge in [0.25, 0.3) is 5.56 Å². The lowest BCUT2D eigenvalue weighted by Gasteiger charge is -2.13. The van der Waals surface area contributed by atoms with Gasteiger partial charge in [0.05, 0.1) is 5.69 Å². The Labute approximate surface area is 131 Å². The molecule has 0 radical (unpaired) electrons. The largest absolute Gasteiger partial charge is 0.279 e. The molecule has 0 bridgehead atoms. The van der Waals surface area contributed by atoms with Gasteiger partial charge in [-0.3, -0.25) is 25.0 Å². The molecule has 0 aliphatic heterocycles. The van der Waals surface area contributed by atoms with Crippen LogP contribution in [0.25, 0.3) is 11.3 Å². The van der Waals surface area contributed by atoms with Crippen LogP contribution in [0.1, 0.15) is 12.5 Å². The predicted molar refractivity (Wildman–Crippen MR) is 82.1 cm³/mol. The molecule has 2 N–H and O–H groups in total. The van der Waals surface area contributed by atoms with E-state index in [0.717, 1.165) is 4.57 Å². The molecule has 1 aromatic heterocycles. The standard InChI is InChI=1S/C14H12ClN5O2/c1-8(21)18-19-14-17-12(9-3-5-10(15)6-4-9)11(7-16)13(22)20(14)2/h3-6H,1-2H3,(H,17,19)(H,18,21). The fourth-order valence-electron chi connectivity index (χ4n) is 1.78. The molecular formula is C14H12ClN5O2. The monoisotopic (exact) mass is 317 g/mol. The summed E-state index contributed by atoms with van der Waals surface area (Å²) >= 11 is 5.83. The third-order valence-corrected chi connectivity index (χ3v) is 3.12. The number of carbonyl (C=O) groups is 1. The summed E-state index contributed by atoms with van der Waals surface area (Å²) < 4.78 is 1.15. The Hall–Kier alpha value is -2.85. The van der Waals surface area contributed by atoms with E-state index in [1.54, 1.807) is 24.3 Å². The molecule has 2 aromatic rings. The second-order valence-electron chi connectivity index (χ2n) is 4.45. The van der Waals surface area contributed by atoms with Gasteiger partial charge in [0.15, 0.2) is 0 Å². The summed E-state index contributed by atoms with van der Waals surface area (Å²) in [6.45, 7) is 1.31. The van der Waals surface area contributed by atoms with E-state index in [1.807, 2.05) is 6.07 Å². The summed E-state index contributed by atoms with van der Waals surface area (Å²) in [5, 5.41) is 9.76. The smallest absolute Gasteiger partial charge is 0.273 e. The van der Waals surface area contributed by atoms with Crippen LogP contribution >= 0.6 is 11.6 Å². The highest BCUT2D eigenvalue weighted by atomic mass is 35.5. The van der Waals surface area contributed by atoms with Crippen LogP contribution in [0.4, 0.5) is 5.95 Å². The molecular weight excluding hydrogens is 306 g/mol. The molecule has 0 saturated carbocycles. The molecule has 1 aromatic carbocycles. The summed E-state index contributed by atoms with van der Waals surface area (Å²) in [5.41, 5.74) is 5.07. The minimum Gasteiger partial charge on any atom is -0.279 e. The van der Waals surface area contributed by atoms with E-state index in [2.05, 4.69) is 15.8 Å². The number of hydrazine groups is 1. The SMILES string of the molecule is CC(=O)NNc1nc(-c2ccc(Cl)cc2)c(C#N)c(=O)n1C. The van der Waals surface area contributed by atoms with Crippen molar-refractivity contribution in [3.05, 3.63) is 45.2 Å². The van der Waals surface area contributed by atoms with Crippen molar-refractivity contribution < 1.29 is 4.79 Å². The van der Waals surface area contributed by atoms with Gasteiger partial charge in [-0.25, -0.2) is 4.98 Å². The molecule has 1 amide bonds. The van der Waals surface area contributed by atoms with Crippen LogP contribution in [0, 0.1) is 11.3 Å². The molecule has 0 spiro atoms. The van der Waals surface area contributed by atoms with E-state index < -0.39 is 5.56 Å². The van der Waals surface area contributed by atoms with Crippen molar-refractivity contribution in [1.29, 1.82) is 5.26 Å². The first kappa shape index (κ1) is 15.5. The first-order chi connectivity index (χ1) is 10.4. The summed E-state index contributed by atoms with van der Waals surface area (Å²) in [4.78, 5) is 27.5. The molecule has 7 nitrogen and oxygen atoms in total. The molecule has 2 rings (SSSR count). The molecule has 0 fully saturated rings. The molecule has 22 heavy (non-hydrogen) atoms. The Morgan fingerprint density at radius 1 is 1.36 bits per heavy atom. The number of amides is 1. The van der Waals surface area contributed by atoms with E-state index in [0.29, 0.717) is 10.6 Å². The van der Waals surface area contributed by atoms with Gasteiger partial charge < -0.3 is 0 Å². The molecule has 0 aliphatic rings. The van der Waals surface area contributed by atoms with Gasteiger partial charge >= 0.3 is 0 Å². The van der Waals surface area contributed by atoms with E-state index in [4.69, 9.17) is 11.6 Å². The number of aromatic nitrogens is 2. The van der Waals surface area contributed by atoms with Crippen molar-refractivity contribution in [3.8, 4) is 17.3 Å². The van der Waals surface area contributed by atoms with Crippen molar-refractivity contribution >= 4 is 23.5 Å². The molecule has 0 aliphatic carbocycles. The summed E-state index contributed by atoms with van der Waals surface area (Å²) in [6.07, 6.45) is 0. The highest BCUT2D eigenvalue weighted by molar-refractivity contribution is 6.30. The van der Waals surface area contributed by atoms with Gasteiger partial charge in [0.1, 0.15) is 11.6 Å². The second-order valence-corrected chi connectivity index (χ2v) is 4.88. The maximum atomic E-state index is 12.2. The van der Waals surface area contributed by atoms with Crippen LogP contribution in [0.5, 0.6) is 0 Å². The Balaban J connectivity index is 2.61. The van der Waals surface area contributed by atoms with Crippen LogP contribution in [0.2, 0.25) is 5.02 Å². The minimum absolute atomic E-state index is 0.0850. The maximum Gasteiger partial charge on any atom is 0.273 e. The second kappa shape index (κ2) is 6.28. The Kier molecular flexibility index (Phi) is 4.44. The number of benzene rings is 1. The number of nitrogens with one attached hydrogen (secondary N) is 2. The van der Waals surface area contributed by atoms with Gasteiger partial charge in [-0.15, -0.1) is 0 Å². The zero-order valence-electron chi connectivity index (χ0n) is 11.8. The molecule has 1 heterocycles. The summed E-state index contributed by atoms with van der Waals surface area (Å²) in [5.74, 6) is -0.226. The molecule has 0 atom stereocenters. The predicted octanol–water partition coefficient (Wildman–Crippen LogP) is 1.44. The Bertz CT molecular complexity index is 821. The van der Waals surface area contributed by atoms with Crippen LogP contribution in [-0.2, 0) is 11.8 Å². The van der Waals surface area contributed by atoms with Crippen LogP contribution in [0.15, 0.2) is 29.1 Å². The zero-order chi connectivity index (χ0) is 16.3. The number of halogens is 1. The van der Waals surface area contributed by atoms with Crippen LogP contribution in [-0.4, -0.2) is 15.5 Å². The number of carbonyl (C=O) groups excluding carboxylic acids is 1.